The zero-order valence-corrected chi connectivity index (χ0v) is 9.32. The highest BCUT2D eigenvalue weighted by atomic mass is 16.1. The highest BCUT2D eigenvalue weighted by Gasteiger charge is 2.11. The van der Waals surface area contributed by atoms with E-state index in [0.717, 1.165) is 11.6 Å². The first kappa shape index (κ1) is 11.4. The van der Waals surface area contributed by atoms with E-state index in [1.165, 1.54) is 6.08 Å². The van der Waals surface area contributed by atoms with Crippen molar-refractivity contribution in [2.45, 2.75) is 26.3 Å². The van der Waals surface area contributed by atoms with Crippen LogP contribution >= 0.6 is 0 Å². The van der Waals surface area contributed by atoms with Crippen molar-refractivity contribution in [3.05, 3.63) is 24.3 Å². The van der Waals surface area contributed by atoms with Gasteiger partial charge in [-0.1, -0.05) is 20.4 Å². The molecule has 0 aliphatic carbocycles. The van der Waals surface area contributed by atoms with Crippen molar-refractivity contribution >= 4 is 5.91 Å². The summed E-state index contributed by atoms with van der Waals surface area (Å²) in [6.07, 6.45) is 1.24. The van der Waals surface area contributed by atoms with Crippen LogP contribution in [0.2, 0.25) is 0 Å². The second kappa shape index (κ2) is 4.72. The van der Waals surface area contributed by atoms with Gasteiger partial charge in [0.25, 0.3) is 0 Å². The molecule has 15 heavy (non-hydrogen) atoms. The van der Waals surface area contributed by atoms with Gasteiger partial charge in [-0.3, -0.25) is 4.79 Å². The van der Waals surface area contributed by atoms with Crippen LogP contribution in [0.25, 0.3) is 0 Å². The first-order valence-electron chi connectivity index (χ1n) is 4.84. The molecule has 1 amide bonds. The van der Waals surface area contributed by atoms with Crippen LogP contribution in [0.4, 0.5) is 0 Å². The van der Waals surface area contributed by atoms with Crippen molar-refractivity contribution in [2.24, 2.45) is 7.05 Å². The van der Waals surface area contributed by atoms with Gasteiger partial charge in [0.15, 0.2) is 5.82 Å². The smallest absolute Gasteiger partial charge is 0.243 e. The van der Waals surface area contributed by atoms with Gasteiger partial charge in [-0.15, -0.1) is 10.2 Å². The average Bonchev–Trinajstić information content (AvgIpc) is 2.56. The number of hydrogen-bond acceptors (Lipinski definition) is 3. The van der Waals surface area contributed by atoms with Crippen molar-refractivity contribution in [1.29, 1.82) is 0 Å². The quantitative estimate of drug-likeness (QED) is 0.742. The molecule has 0 fully saturated rings. The Bertz CT molecular complexity index is 367. The fraction of sp³-hybridized carbons (Fsp3) is 0.500. The molecule has 0 saturated heterocycles. The molecule has 0 radical (unpaired) electrons. The Balaban J connectivity index is 2.70. The molecule has 0 bridgehead atoms. The summed E-state index contributed by atoms with van der Waals surface area (Å²) in [6, 6.07) is 0. The summed E-state index contributed by atoms with van der Waals surface area (Å²) in [4.78, 5) is 11.0. The van der Waals surface area contributed by atoms with Crippen LogP contribution in [0.1, 0.15) is 31.4 Å². The molecule has 0 saturated carbocycles. The maximum atomic E-state index is 11.0. The summed E-state index contributed by atoms with van der Waals surface area (Å²) < 4.78 is 1.90. The molecule has 1 aromatic rings. The van der Waals surface area contributed by atoms with E-state index in [1.807, 2.05) is 11.6 Å². The van der Waals surface area contributed by atoms with Crippen LogP contribution in [0, 0.1) is 0 Å². The number of rotatable bonds is 4. The second-order valence-corrected chi connectivity index (χ2v) is 3.61. The molecule has 0 spiro atoms. The van der Waals surface area contributed by atoms with Gasteiger partial charge in [0.1, 0.15) is 5.82 Å². The Hall–Kier alpha value is -1.65. The molecule has 5 nitrogen and oxygen atoms in total. The van der Waals surface area contributed by atoms with E-state index in [9.17, 15) is 4.79 Å². The monoisotopic (exact) mass is 208 g/mol. The van der Waals surface area contributed by atoms with Crippen LogP contribution < -0.4 is 5.32 Å². The Morgan fingerprint density at radius 1 is 1.60 bits per heavy atom. The number of nitrogens with zero attached hydrogens (tertiary/aromatic N) is 3. The summed E-state index contributed by atoms with van der Waals surface area (Å²) in [7, 11) is 1.89. The lowest BCUT2D eigenvalue weighted by Gasteiger charge is -2.06. The molecular weight excluding hydrogens is 192 g/mol. The predicted octanol–water partition coefficient (Wildman–Crippen LogP) is 0.741. The SMILES string of the molecule is C=CC(=O)NCc1nnc(C(C)C)n1C. The molecule has 1 N–H and O–H groups in total. The van der Waals surface area contributed by atoms with Crippen molar-refractivity contribution in [3.8, 4) is 0 Å². The molecule has 0 unspecified atom stereocenters. The highest BCUT2D eigenvalue weighted by Crippen LogP contribution is 2.11. The first-order valence-corrected chi connectivity index (χ1v) is 4.84. The van der Waals surface area contributed by atoms with Gasteiger partial charge in [-0.25, -0.2) is 0 Å². The van der Waals surface area contributed by atoms with E-state index >= 15 is 0 Å². The predicted molar refractivity (Wildman–Crippen MR) is 57.1 cm³/mol. The van der Waals surface area contributed by atoms with Gasteiger partial charge in [-0.05, 0) is 6.08 Å². The van der Waals surface area contributed by atoms with Crippen LogP contribution in [0.3, 0.4) is 0 Å². The summed E-state index contributed by atoms with van der Waals surface area (Å²) in [5.74, 6) is 1.78. The second-order valence-electron chi connectivity index (χ2n) is 3.61. The molecule has 0 aliphatic heterocycles. The summed E-state index contributed by atoms with van der Waals surface area (Å²) in [5, 5.41) is 10.7. The maximum Gasteiger partial charge on any atom is 0.243 e. The molecule has 82 valence electrons. The van der Waals surface area contributed by atoms with Crippen molar-refractivity contribution in [2.75, 3.05) is 0 Å². The van der Waals surface area contributed by atoms with Crippen LogP contribution in [0.5, 0.6) is 0 Å². The molecule has 0 atom stereocenters. The summed E-state index contributed by atoms with van der Waals surface area (Å²) >= 11 is 0. The first-order chi connectivity index (χ1) is 7.06. The van der Waals surface area contributed by atoms with E-state index in [4.69, 9.17) is 0 Å². The largest absolute Gasteiger partial charge is 0.345 e. The fourth-order valence-corrected chi connectivity index (χ4v) is 1.27. The lowest BCUT2D eigenvalue weighted by molar-refractivity contribution is -0.116. The lowest BCUT2D eigenvalue weighted by Crippen LogP contribution is -2.22. The normalized spacial score (nSPS) is 10.4. The maximum absolute atomic E-state index is 11.0. The van der Waals surface area contributed by atoms with Crippen LogP contribution in [0.15, 0.2) is 12.7 Å². The standard InChI is InChI=1S/C10H16N4O/c1-5-9(15)11-6-8-12-13-10(7(2)3)14(8)4/h5,7H,1,6H2,2-4H3,(H,11,15). The number of aromatic nitrogens is 3. The Kier molecular flexibility index (Phi) is 3.60. The Labute approximate surface area is 89.2 Å². The Morgan fingerprint density at radius 2 is 2.27 bits per heavy atom. The summed E-state index contributed by atoms with van der Waals surface area (Å²) in [5.41, 5.74) is 0. The van der Waals surface area contributed by atoms with E-state index in [1.54, 1.807) is 0 Å². The van der Waals surface area contributed by atoms with Crippen LogP contribution in [-0.2, 0) is 18.4 Å². The van der Waals surface area contributed by atoms with Gasteiger partial charge >= 0.3 is 0 Å². The molecule has 1 rings (SSSR count). The molecule has 1 heterocycles. The fourth-order valence-electron chi connectivity index (χ4n) is 1.27. The van der Waals surface area contributed by atoms with E-state index in [-0.39, 0.29) is 5.91 Å². The minimum atomic E-state index is -0.205. The third-order valence-corrected chi connectivity index (χ3v) is 2.12. The minimum Gasteiger partial charge on any atom is -0.345 e. The van der Waals surface area contributed by atoms with E-state index in [2.05, 4.69) is 35.9 Å². The number of amides is 1. The third kappa shape index (κ3) is 2.65. The zero-order chi connectivity index (χ0) is 11.4. The van der Waals surface area contributed by atoms with Gasteiger partial charge in [0.05, 0.1) is 6.54 Å². The lowest BCUT2D eigenvalue weighted by atomic mass is 10.2. The zero-order valence-electron chi connectivity index (χ0n) is 9.32. The third-order valence-electron chi connectivity index (χ3n) is 2.12. The van der Waals surface area contributed by atoms with Gasteiger partial charge in [-0.2, -0.15) is 0 Å². The Morgan fingerprint density at radius 3 is 2.73 bits per heavy atom. The van der Waals surface area contributed by atoms with Gasteiger partial charge in [0.2, 0.25) is 5.91 Å². The summed E-state index contributed by atoms with van der Waals surface area (Å²) in [6.45, 7) is 7.85. The molecule has 0 aliphatic rings. The number of carbonyl (C=O) groups excluding carboxylic acids is 1. The van der Waals surface area contributed by atoms with Gasteiger partial charge < -0.3 is 9.88 Å². The highest BCUT2D eigenvalue weighted by molar-refractivity contribution is 5.86. The van der Waals surface area contributed by atoms with E-state index < -0.39 is 0 Å². The van der Waals surface area contributed by atoms with Crippen molar-refractivity contribution < 1.29 is 4.79 Å². The minimum absolute atomic E-state index is 0.205. The number of hydrogen-bond donors (Lipinski definition) is 1. The average molecular weight is 208 g/mol. The topological polar surface area (TPSA) is 59.8 Å². The van der Waals surface area contributed by atoms with E-state index in [0.29, 0.717) is 12.5 Å². The van der Waals surface area contributed by atoms with Crippen molar-refractivity contribution in [1.82, 2.24) is 20.1 Å². The van der Waals surface area contributed by atoms with Crippen molar-refractivity contribution in [3.63, 3.8) is 0 Å². The van der Waals surface area contributed by atoms with Gasteiger partial charge in [0, 0.05) is 13.0 Å². The number of carbonyl (C=O) groups is 1. The van der Waals surface area contributed by atoms with Crippen LogP contribution in [-0.4, -0.2) is 20.7 Å². The molecular formula is C10H16N4O. The molecule has 1 aromatic heterocycles. The number of nitrogens with one attached hydrogen (secondary N) is 1. The molecule has 0 aromatic carbocycles. The molecule has 5 heteroatoms.